The Hall–Kier alpha value is -0.580. The molecule has 1 unspecified atom stereocenters. The fourth-order valence-corrected chi connectivity index (χ4v) is 3.62. The highest BCUT2D eigenvalue weighted by Gasteiger charge is 2.46. The lowest BCUT2D eigenvalue weighted by Crippen LogP contribution is -2.48. The van der Waals surface area contributed by atoms with Crippen molar-refractivity contribution < 1.29 is 4.79 Å². The molecule has 0 bridgehead atoms. The summed E-state index contributed by atoms with van der Waals surface area (Å²) in [5, 5.41) is 3.36. The zero-order chi connectivity index (χ0) is 14.9. The maximum atomic E-state index is 12.5. The van der Waals surface area contributed by atoms with Gasteiger partial charge in [-0.3, -0.25) is 4.79 Å². The fraction of sp³-hybridized carbons (Fsp3) is 0.588. The van der Waals surface area contributed by atoms with Crippen molar-refractivity contribution >= 4 is 34.2 Å². The van der Waals surface area contributed by atoms with E-state index in [9.17, 15) is 4.79 Å². The first-order valence-corrected chi connectivity index (χ1v) is 8.64. The molecule has 2 aliphatic rings. The fourth-order valence-electron chi connectivity index (χ4n) is 3.35. The minimum Gasteiger partial charge on any atom is -0.344 e. The first kappa shape index (κ1) is 17.8. The third-order valence-corrected chi connectivity index (χ3v) is 5.36. The van der Waals surface area contributed by atoms with E-state index in [-0.39, 0.29) is 29.8 Å². The second-order valence-electron chi connectivity index (χ2n) is 6.48. The first-order chi connectivity index (χ1) is 10.1. The van der Waals surface area contributed by atoms with Crippen molar-refractivity contribution in [3.8, 4) is 0 Å². The topological polar surface area (TPSA) is 32.3 Å². The molecule has 1 aromatic rings. The molecule has 2 fully saturated rings. The van der Waals surface area contributed by atoms with Crippen LogP contribution in [0.5, 0.6) is 0 Å². The first-order valence-electron chi connectivity index (χ1n) is 7.85. The maximum absolute atomic E-state index is 12.5. The Morgan fingerprint density at radius 2 is 2.00 bits per heavy atom. The smallest absolute Gasteiger partial charge is 0.239 e. The molecule has 1 aromatic carbocycles. The Kier molecular flexibility index (Phi) is 5.92. The molecule has 5 heteroatoms. The number of amides is 1. The van der Waals surface area contributed by atoms with Gasteiger partial charge in [0.1, 0.15) is 0 Å². The summed E-state index contributed by atoms with van der Waals surface area (Å²) in [6.07, 6.45) is 5.70. The standard InChI is InChI=1S/C17H23BrN2O.ClH/c1-20(16(21)15-4-2-3-11-19-15)12-17(9-10-17)13-5-7-14(18)8-6-13;/h5-8,15,19H,2-4,9-12H2,1H3;1H. The van der Waals surface area contributed by atoms with Crippen LogP contribution >= 0.6 is 28.3 Å². The van der Waals surface area contributed by atoms with E-state index in [0.717, 1.165) is 30.4 Å². The minimum absolute atomic E-state index is 0. The van der Waals surface area contributed by atoms with Crippen molar-refractivity contribution in [1.29, 1.82) is 0 Å². The number of likely N-dealkylation sites (N-methyl/N-ethyl adjacent to an activating group) is 1. The van der Waals surface area contributed by atoms with E-state index in [1.54, 1.807) is 0 Å². The highest BCUT2D eigenvalue weighted by atomic mass is 79.9. The van der Waals surface area contributed by atoms with E-state index in [1.165, 1.54) is 24.8 Å². The van der Waals surface area contributed by atoms with Gasteiger partial charge in [0.15, 0.2) is 0 Å². The van der Waals surface area contributed by atoms with Crippen molar-refractivity contribution in [2.75, 3.05) is 20.1 Å². The van der Waals surface area contributed by atoms with Gasteiger partial charge in [0.25, 0.3) is 0 Å². The Bertz CT molecular complexity index is 510. The average Bonchev–Trinajstić information content (AvgIpc) is 3.28. The summed E-state index contributed by atoms with van der Waals surface area (Å²) >= 11 is 3.49. The number of hydrogen-bond donors (Lipinski definition) is 1. The van der Waals surface area contributed by atoms with Crippen molar-refractivity contribution in [3.63, 3.8) is 0 Å². The Morgan fingerprint density at radius 3 is 2.55 bits per heavy atom. The molecule has 1 saturated heterocycles. The molecule has 22 heavy (non-hydrogen) atoms. The van der Waals surface area contributed by atoms with Crippen molar-refractivity contribution in [1.82, 2.24) is 10.2 Å². The Balaban J connectivity index is 0.00000176. The number of rotatable bonds is 4. The van der Waals surface area contributed by atoms with Gasteiger partial charge in [-0.15, -0.1) is 12.4 Å². The van der Waals surface area contributed by atoms with E-state index in [4.69, 9.17) is 0 Å². The quantitative estimate of drug-likeness (QED) is 0.857. The van der Waals surface area contributed by atoms with Crippen LogP contribution in [0.25, 0.3) is 0 Å². The van der Waals surface area contributed by atoms with Gasteiger partial charge in [0.05, 0.1) is 6.04 Å². The van der Waals surface area contributed by atoms with Crippen LogP contribution in [0.2, 0.25) is 0 Å². The molecular weight excluding hydrogens is 364 g/mol. The summed E-state index contributed by atoms with van der Waals surface area (Å²) in [5.41, 5.74) is 1.56. The molecule has 0 aromatic heterocycles. The molecule has 1 aliphatic heterocycles. The van der Waals surface area contributed by atoms with Gasteiger partial charge in [0.2, 0.25) is 5.91 Å². The summed E-state index contributed by atoms with van der Waals surface area (Å²) in [4.78, 5) is 14.5. The van der Waals surface area contributed by atoms with E-state index in [2.05, 4.69) is 45.5 Å². The molecule has 1 N–H and O–H groups in total. The second kappa shape index (κ2) is 7.33. The predicted molar refractivity (Wildman–Crippen MR) is 95.6 cm³/mol. The van der Waals surface area contributed by atoms with Gasteiger partial charge in [-0.2, -0.15) is 0 Å². The molecule has 0 radical (unpaired) electrons. The number of nitrogens with one attached hydrogen (secondary N) is 1. The van der Waals surface area contributed by atoms with Crippen molar-refractivity contribution in [2.45, 2.75) is 43.6 Å². The lowest BCUT2D eigenvalue weighted by Gasteiger charge is -2.30. The van der Waals surface area contributed by atoms with Crippen LogP contribution in [0.15, 0.2) is 28.7 Å². The van der Waals surface area contributed by atoms with Gasteiger partial charge in [-0.1, -0.05) is 34.5 Å². The van der Waals surface area contributed by atoms with E-state index in [0.29, 0.717) is 0 Å². The Labute approximate surface area is 147 Å². The second-order valence-corrected chi connectivity index (χ2v) is 7.40. The molecule has 3 rings (SSSR count). The predicted octanol–water partition coefficient (Wildman–Crippen LogP) is 3.50. The van der Waals surface area contributed by atoms with E-state index < -0.39 is 0 Å². The lowest BCUT2D eigenvalue weighted by atomic mass is 9.95. The van der Waals surface area contributed by atoms with Crippen LogP contribution in [0.3, 0.4) is 0 Å². The van der Waals surface area contributed by atoms with Crippen molar-refractivity contribution in [2.24, 2.45) is 0 Å². The number of halogens is 2. The van der Waals surface area contributed by atoms with Crippen LogP contribution in [-0.4, -0.2) is 37.0 Å². The van der Waals surface area contributed by atoms with Crippen LogP contribution in [-0.2, 0) is 10.2 Å². The molecule has 1 heterocycles. The molecule has 1 amide bonds. The van der Waals surface area contributed by atoms with Gasteiger partial charge >= 0.3 is 0 Å². The van der Waals surface area contributed by atoms with Crippen LogP contribution in [0.1, 0.15) is 37.7 Å². The monoisotopic (exact) mass is 386 g/mol. The molecule has 0 spiro atoms. The van der Waals surface area contributed by atoms with Gasteiger partial charge in [-0.05, 0) is 49.9 Å². The summed E-state index contributed by atoms with van der Waals surface area (Å²) in [6.45, 7) is 1.81. The molecule has 1 aliphatic carbocycles. The summed E-state index contributed by atoms with van der Waals surface area (Å²) in [6, 6.07) is 8.60. The molecule has 122 valence electrons. The Morgan fingerprint density at radius 1 is 1.32 bits per heavy atom. The summed E-state index contributed by atoms with van der Waals surface area (Å²) in [5.74, 6) is 0.262. The molecule has 1 saturated carbocycles. The highest BCUT2D eigenvalue weighted by Crippen LogP contribution is 2.48. The number of hydrogen-bond acceptors (Lipinski definition) is 2. The van der Waals surface area contributed by atoms with Crippen LogP contribution < -0.4 is 5.32 Å². The number of carbonyl (C=O) groups is 1. The van der Waals surface area contributed by atoms with Gasteiger partial charge < -0.3 is 10.2 Å². The zero-order valence-corrected chi connectivity index (χ0v) is 15.4. The zero-order valence-electron chi connectivity index (χ0n) is 13.0. The lowest BCUT2D eigenvalue weighted by molar-refractivity contribution is -0.133. The third-order valence-electron chi connectivity index (χ3n) is 4.83. The van der Waals surface area contributed by atoms with Crippen LogP contribution in [0, 0.1) is 0 Å². The highest BCUT2D eigenvalue weighted by molar-refractivity contribution is 9.10. The summed E-state index contributed by atoms with van der Waals surface area (Å²) in [7, 11) is 1.96. The van der Waals surface area contributed by atoms with Crippen molar-refractivity contribution in [3.05, 3.63) is 34.3 Å². The number of piperidine rings is 1. The van der Waals surface area contributed by atoms with E-state index in [1.807, 2.05) is 11.9 Å². The molecule has 1 atom stereocenters. The largest absolute Gasteiger partial charge is 0.344 e. The number of carbonyl (C=O) groups excluding carboxylic acids is 1. The SMILES string of the molecule is CN(CC1(c2ccc(Br)cc2)CC1)C(=O)C1CCCCN1.Cl. The van der Waals surface area contributed by atoms with Crippen LogP contribution in [0.4, 0.5) is 0 Å². The third kappa shape index (κ3) is 3.84. The molecular formula is C17H24BrClN2O. The normalized spacial score (nSPS) is 22.5. The molecule has 3 nitrogen and oxygen atoms in total. The summed E-state index contributed by atoms with van der Waals surface area (Å²) < 4.78 is 1.11. The number of benzene rings is 1. The van der Waals surface area contributed by atoms with Gasteiger partial charge in [-0.25, -0.2) is 0 Å². The number of nitrogens with zero attached hydrogens (tertiary/aromatic N) is 1. The minimum atomic E-state index is 0. The van der Waals surface area contributed by atoms with E-state index >= 15 is 0 Å². The maximum Gasteiger partial charge on any atom is 0.239 e. The van der Waals surface area contributed by atoms with Gasteiger partial charge in [0, 0.05) is 23.5 Å². The average molecular weight is 388 g/mol.